The smallest absolute Gasteiger partial charge is 0.265 e. The Morgan fingerprint density at radius 1 is 1.19 bits per heavy atom. The molecular weight excluding hydrogens is 304 g/mol. The Kier molecular flexibility index (Phi) is 8.18. The van der Waals surface area contributed by atoms with Crippen LogP contribution in [-0.4, -0.2) is 35.7 Å². The van der Waals surface area contributed by atoms with E-state index in [9.17, 15) is 8.42 Å². The first-order chi connectivity index (χ1) is 9.39. The summed E-state index contributed by atoms with van der Waals surface area (Å²) < 4.78 is 32.9. The molecule has 0 radical (unpaired) electrons. The van der Waals surface area contributed by atoms with Crippen molar-refractivity contribution in [2.45, 2.75) is 70.7 Å². The zero-order chi connectivity index (χ0) is 16.7. The average molecular weight is 335 g/mol. The highest BCUT2D eigenvalue weighted by Crippen LogP contribution is 2.36. The van der Waals surface area contributed by atoms with Crippen LogP contribution >= 0.6 is 0 Å². The van der Waals surface area contributed by atoms with Gasteiger partial charge in [0.05, 0.1) is 6.26 Å². The second-order valence-corrected chi connectivity index (χ2v) is 13.3. The predicted molar refractivity (Wildman–Crippen MR) is 90.2 cm³/mol. The van der Waals surface area contributed by atoms with Gasteiger partial charge in [-0.15, -0.1) is 6.42 Å². The monoisotopic (exact) mass is 334 g/mol. The maximum absolute atomic E-state index is 11.0. The van der Waals surface area contributed by atoms with Gasteiger partial charge in [-0.3, -0.25) is 4.18 Å². The second kappa shape index (κ2) is 8.32. The molecule has 0 aromatic carbocycles. The molecule has 0 aliphatic heterocycles. The van der Waals surface area contributed by atoms with Crippen molar-refractivity contribution in [3.8, 4) is 12.3 Å². The van der Waals surface area contributed by atoms with E-state index in [1.54, 1.807) is 0 Å². The van der Waals surface area contributed by atoms with E-state index in [1.165, 1.54) is 0 Å². The van der Waals surface area contributed by atoms with E-state index >= 15 is 0 Å². The highest BCUT2D eigenvalue weighted by Gasteiger charge is 2.36. The molecule has 0 N–H and O–H groups in total. The minimum atomic E-state index is -3.48. The Balaban J connectivity index is 3.90. The standard InChI is InChI=1S/C15H30O4SSi/c1-8-14(19-20(5,16)17)12-10-9-11-13-18-21(6,7)15(2,3)4/h1,14H,9-13H2,2-7H3. The van der Waals surface area contributed by atoms with Crippen LogP contribution in [0.1, 0.15) is 46.5 Å². The van der Waals surface area contributed by atoms with Crippen LogP contribution in [0.4, 0.5) is 0 Å². The molecule has 1 unspecified atom stereocenters. The average Bonchev–Trinajstić information content (AvgIpc) is 2.28. The maximum atomic E-state index is 11.0. The van der Waals surface area contributed by atoms with Crippen molar-refractivity contribution in [1.82, 2.24) is 0 Å². The first kappa shape index (κ1) is 20.6. The van der Waals surface area contributed by atoms with Gasteiger partial charge in [0.1, 0.15) is 6.10 Å². The van der Waals surface area contributed by atoms with Crippen molar-refractivity contribution in [1.29, 1.82) is 0 Å². The van der Waals surface area contributed by atoms with Crippen molar-refractivity contribution in [3.05, 3.63) is 0 Å². The summed E-state index contributed by atoms with van der Waals surface area (Å²) in [6, 6.07) is 0. The van der Waals surface area contributed by atoms with Crippen LogP contribution in [0.5, 0.6) is 0 Å². The molecule has 0 bridgehead atoms. The molecule has 0 aromatic rings. The normalized spacial score (nSPS) is 14.7. The largest absolute Gasteiger partial charge is 0.417 e. The van der Waals surface area contributed by atoms with Gasteiger partial charge in [-0.05, 0) is 37.4 Å². The third-order valence-corrected chi connectivity index (χ3v) is 8.98. The maximum Gasteiger partial charge on any atom is 0.265 e. The lowest BCUT2D eigenvalue weighted by Gasteiger charge is -2.36. The lowest BCUT2D eigenvalue weighted by Crippen LogP contribution is -2.40. The van der Waals surface area contributed by atoms with Crippen LogP contribution in [0.15, 0.2) is 0 Å². The summed E-state index contributed by atoms with van der Waals surface area (Å²) in [6.45, 7) is 11.9. The summed E-state index contributed by atoms with van der Waals surface area (Å²) >= 11 is 0. The van der Waals surface area contributed by atoms with Crippen LogP contribution in [0, 0.1) is 12.3 Å². The topological polar surface area (TPSA) is 52.6 Å². The van der Waals surface area contributed by atoms with Crippen molar-refractivity contribution in [2.24, 2.45) is 0 Å². The van der Waals surface area contributed by atoms with E-state index in [4.69, 9.17) is 15.0 Å². The fraction of sp³-hybridized carbons (Fsp3) is 0.867. The highest BCUT2D eigenvalue weighted by atomic mass is 32.2. The molecule has 0 aliphatic carbocycles. The van der Waals surface area contributed by atoms with E-state index in [0.717, 1.165) is 32.1 Å². The van der Waals surface area contributed by atoms with Gasteiger partial charge in [-0.1, -0.05) is 33.1 Å². The molecule has 6 heteroatoms. The van der Waals surface area contributed by atoms with Crippen molar-refractivity contribution >= 4 is 18.4 Å². The third-order valence-electron chi connectivity index (χ3n) is 3.86. The highest BCUT2D eigenvalue weighted by molar-refractivity contribution is 7.86. The summed E-state index contributed by atoms with van der Waals surface area (Å²) in [5, 5.41) is 0.227. The van der Waals surface area contributed by atoms with Crippen molar-refractivity contribution < 1.29 is 17.0 Å². The van der Waals surface area contributed by atoms with Crippen LogP contribution in [0.25, 0.3) is 0 Å². The summed E-state index contributed by atoms with van der Waals surface area (Å²) in [4.78, 5) is 0. The molecule has 0 aliphatic rings. The van der Waals surface area contributed by atoms with Crippen LogP contribution in [-0.2, 0) is 18.7 Å². The molecule has 0 heterocycles. The van der Waals surface area contributed by atoms with E-state index < -0.39 is 24.5 Å². The molecule has 4 nitrogen and oxygen atoms in total. The SMILES string of the molecule is C#CC(CCCCCO[Si](C)(C)C(C)(C)C)OS(C)(=O)=O. The van der Waals surface area contributed by atoms with E-state index in [2.05, 4.69) is 39.8 Å². The second-order valence-electron chi connectivity index (χ2n) is 6.91. The number of terminal acetylenes is 1. The molecule has 0 saturated heterocycles. The minimum Gasteiger partial charge on any atom is -0.417 e. The molecular formula is C15H30O4SSi. The molecule has 0 rings (SSSR count). The number of unbranched alkanes of at least 4 members (excludes halogenated alkanes) is 2. The van der Waals surface area contributed by atoms with Crippen LogP contribution < -0.4 is 0 Å². The quantitative estimate of drug-likeness (QED) is 0.280. The molecule has 0 saturated carbocycles. The number of rotatable bonds is 9. The Morgan fingerprint density at radius 2 is 1.76 bits per heavy atom. The van der Waals surface area contributed by atoms with Crippen LogP contribution in [0.2, 0.25) is 18.1 Å². The Labute approximate surface area is 131 Å². The summed E-state index contributed by atoms with van der Waals surface area (Å²) in [5.74, 6) is 2.37. The van der Waals surface area contributed by atoms with Gasteiger partial charge in [-0.2, -0.15) is 8.42 Å². The molecule has 1 atom stereocenters. The van der Waals surface area contributed by atoms with Gasteiger partial charge in [0.2, 0.25) is 0 Å². The van der Waals surface area contributed by atoms with Gasteiger partial charge < -0.3 is 4.43 Å². The zero-order valence-corrected chi connectivity index (χ0v) is 16.0. The fourth-order valence-electron chi connectivity index (χ4n) is 1.52. The summed E-state index contributed by atoms with van der Waals surface area (Å²) in [7, 11) is -5.14. The van der Waals surface area contributed by atoms with Gasteiger partial charge >= 0.3 is 0 Å². The first-order valence-corrected chi connectivity index (χ1v) is 12.1. The molecule has 124 valence electrons. The van der Waals surface area contributed by atoms with Crippen molar-refractivity contribution in [2.75, 3.05) is 12.9 Å². The Bertz CT molecular complexity index is 443. The predicted octanol–water partition coefficient (Wildman–Crippen LogP) is 3.55. The molecule has 0 fully saturated rings. The third kappa shape index (κ3) is 9.30. The molecule has 0 amide bonds. The van der Waals surface area contributed by atoms with Gasteiger partial charge in [0, 0.05) is 6.61 Å². The summed E-state index contributed by atoms with van der Waals surface area (Å²) in [6.07, 6.45) is 8.95. The molecule has 21 heavy (non-hydrogen) atoms. The molecule has 0 aromatic heterocycles. The lowest BCUT2D eigenvalue weighted by molar-refractivity contribution is 0.244. The minimum absolute atomic E-state index is 0.227. The summed E-state index contributed by atoms with van der Waals surface area (Å²) in [5.41, 5.74) is 0. The Morgan fingerprint density at radius 3 is 2.19 bits per heavy atom. The molecule has 0 spiro atoms. The number of hydrogen-bond acceptors (Lipinski definition) is 4. The zero-order valence-electron chi connectivity index (χ0n) is 14.2. The van der Waals surface area contributed by atoms with Crippen LogP contribution in [0.3, 0.4) is 0 Å². The van der Waals surface area contributed by atoms with E-state index in [1.807, 2.05) is 0 Å². The van der Waals surface area contributed by atoms with Gasteiger partial charge in [0.15, 0.2) is 8.32 Å². The van der Waals surface area contributed by atoms with Gasteiger partial charge in [-0.25, -0.2) is 0 Å². The van der Waals surface area contributed by atoms with E-state index in [-0.39, 0.29) is 5.04 Å². The number of hydrogen-bond donors (Lipinski definition) is 0. The first-order valence-electron chi connectivity index (χ1n) is 7.37. The Hall–Kier alpha value is -0.353. The fourth-order valence-corrected chi connectivity index (χ4v) is 3.18. The van der Waals surface area contributed by atoms with E-state index in [0.29, 0.717) is 6.42 Å². The van der Waals surface area contributed by atoms with Crippen molar-refractivity contribution in [3.63, 3.8) is 0 Å². The van der Waals surface area contributed by atoms with Gasteiger partial charge in [0.25, 0.3) is 10.1 Å². The lowest BCUT2D eigenvalue weighted by atomic mass is 10.1.